The number of nitriles is 1. The fourth-order valence-electron chi connectivity index (χ4n) is 2.73. The van der Waals surface area contributed by atoms with Gasteiger partial charge in [-0.25, -0.2) is 0 Å². The number of benzene rings is 1. The lowest BCUT2D eigenvalue weighted by atomic mass is 10.1. The Labute approximate surface area is 190 Å². The second kappa shape index (κ2) is 10.1. The molecule has 0 aliphatic carbocycles. The number of ether oxygens (including phenoxy) is 1. The third-order valence-corrected chi connectivity index (χ3v) is 4.67. The number of nitrogens with zero attached hydrogens (tertiary/aromatic N) is 4. The van der Waals surface area contributed by atoms with Crippen LogP contribution in [0.25, 0.3) is 5.65 Å². The summed E-state index contributed by atoms with van der Waals surface area (Å²) in [6.07, 6.45) is 1.61. The van der Waals surface area contributed by atoms with E-state index in [1.165, 1.54) is 0 Å². The predicted molar refractivity (Wildman–Crippen MR) is 120 cm³/mol. The maximum atomic E-state index is 12.5. The molecule has 0 radical (unpaired) electrons. The third-order valence-electron chi connectivity index (χ3n) is 4.24. The summed E-state index contributed by atoms with van der Waals surface area (Å²) in [5.74, 6) is 0.0407. The van der Waals surface area contributed by atoms with Crippen molar-refractivity contribution >= 4 is 34.8 Å². The monoisotopic (exact) mass is 462 g/mol. The highest BCUT2D eigenvalue weighted by Crippen LogP contribution is 2.21. The summed E-state index contributed by atoms with van der Waals surface area (Å²) in [7, 11) is 0. The van der Waals surface area contributed by atoms with Crippen LogP contribution in [0.4, 0.5) is 0 Å². The largest absolute Gasteiger partial charge is 0.374 e. The van der Waals surface area contributed by atoms with Crippen molar-refractivity contribution < 1.29 is 9.53 Å². The highest BCUT2D eigenvalue weighted by Gasteiger charge is 2.28. The van der Waals surface area contributed by atoms with Crippen LogP contribution in [0.1, 0.15) is 44.3 Å². The first-order valence-electron chi connectivity index (χ1n) is 9.04. The number of aromatic nitrogens is 3. The predicted octanol–water partition coefficient (Wildman–Crippen LogP) is 3.66. The number of amides is 1. The van der Waals surface area contributed by atoms with Crippen molar-refractivity contribution in [2.24, 2.45) is 5.73 Å². The van der Waals surface area contributed by atoms with E-state index in [1.807, 2.05) is 0 Å². The lowest BCUT2D eigenvalue weighted by Crippen LogP contribution is -2.50. The minimum atomic E-state index is -1.10. The van der Waals surface area contributed by atoms with Crippen LogP contribution in [0.5, 0.6) is 0 Å². The molecule has 0 spiro atoms. The average molecular weight is 463 g/mol. The summed E-state index contributed by atoms with van der Waals surface area (Å²) in [6, 6.07) is 9.86. The van der Waals surface area contributed by atoms with Gasteiger partial charge in [-0.15, -0.1) is 10.2 Å². The minimum Gasteiger partial charge on any atom is -0.374 e. The normalized spacial score (nSPS) is 12.1. The van der Waals surface area contributed by atoms with Gasteiger partial charge in [-0.3, -0.25) is 9.20 Å². The van der Waals surface area contributed by atoms with Crippen molar-refractivity contribution in [3.8, 4) is 6.07 Å². The zero-order valence-corrected chi connectivity index (χ0v) is 17.9. The first-order chi connectivity index (χ1) is 14.2. The molecule has 0 bridgehead atoms. The number of halogens is 2. The van der Waals surface area contributed by atoms with Gasteiger partial charge in [0.05, 0.1) is 24.3 Å². The molecule has 0 fully saturated rings. The Kier molecular flexibility index (Phi) is 7.98. The Hall–Kier alpha value is -2.70. The molecule has 164 valence electrons. The van der Waals surface area contributed by atoms with Gasteiger partial charge in [0.15, 0.2) is 11.5 Å². The molecule has 2 heterocycles. The van der Waals surface area contributed by atoms with E-state index >= 15 is 0 Å². The van der Waals surface area contributed by atoms with E-state index in [9.17, 15) is 10.1 Å². The number of carbonyl (C=O) groups excluding carboxylic acids is 1. The van der Waals surface area contributed by atoms with E-state index in [0.717, 1.165) is 5.56 Å². The van der Waals surface area contributed by atoms with E-state index in [2.05, 4.69) is 21.6 Å². The van der Waals surface area contributed by atoms with Gasteiger partial charge in [-0.1, -0.05) is 30.6 Å². The standard InChI is InChI=1S/C20H20Cl2N6O2.CH4/c1-20(2,24)19(29)25-16(11-30-10-13-5-14(21)7-15(22)6-13)18-27-26-17-4-3-12(8-23)9-28(17)18;/h3-7,9,16H,10-11,24H2,1-2H3,(H,25,29);1H4/t16-;/m1./s1. The number of carbonyl (C=O) groups is 1. The van der Waals surface area contributed by atoms with Gasteiger partial charge in [0.25, 0.3) is 0 Å². The molecule has 1 amide bonds. The summed E-state index contributed by atoms with van der Waals surface area (Å²) >= 11 is 12.1. The molecule has 3 N–H and O–H groups in total. The molecule has 31 heavy (non-hydrogen) atoms. The molecule has 3 rings (SSSR count). The number of nitrogens with one attached hydrogen (secondary N) is 1. The van der Waals surface area contributed by atoms with Gasteiger partial charge in [0, 0.05) is 16.2 Å². The SMILES string of the molecule is C.CC(C)(N)C(=O)N[C@H](COCc1cc(Cl)cc(Cl)c1)c1nnc2ccc(C#N)cn12. The van der Waals surface area contributed by atoms with Crippen LogP contribution in [-0.2, 0) is 16.1 Å². The average Bonchev–Trinajstić information content (AvgIpc) is 3.08. The molecule has 0 aliphatic rings. The number of hydrogen-bond acceptors (Lipinski definition) is 6. The zero-order valence-electron chi connectivity index (χ0n) is 16.4. The van der Waals surface area contributed by atoms with Crippen LogP contribution < -0.4 is 11.1 Å². The third kappa shape index (κ3) is 6.15. The Balaban J connectivity index is 0.00000341. The van der Waals surface area contributed by atoms with Gasteiger partial charge < -0.3 is 15.8 Å². The van der Waals surface area contributed by atoms with Crippen molar-refractivity contribution in [3.05, 3.63) is 63.5 Å². The smallest absolute Gasteiger partial charge is 0.240 e. The molecule has 10 heteroatoms. The Morgan fingerprint density at radius 3 is 2.58 bits per heavy atom. The fourth-order valence-corrected chi connectivity index (χ4v) is 3.30. The summed E-state index contributed by atoms with van der Waals surface area (Å²) in [4.78, 5) is 12.5. The van der Waals surface area contributed by atoms with E-state index < -0.39 is 11.6 Å². The maximum Gasteiger partial charge on any atom is 0.240 e. The van der Waals surface area contributed by atoms with Gasteiger partial charge in [0.1, 0.15) is 12.1 Å². The van der Waals surface area contributed by atoms with Crippen LogP contribution in [0, 0.1) is 11.3 Å². The van der Waals surface area contributed by atoms with E-state index in [4.69, 9.17) is 33.7 Å². The number of fused-ring (bicyclic) bond motifs is 1. The molecule has 1 aromatic carbocycles. The maximum absolute atomic E-state index is 12.5. The molecule has 1 atom stereocenters. The molecule has 0 aliphatic heterocycles. The lowest BCUT2D eigenvalue weighted by molar-refractivity contribution is -0.126. The number of pyridine rings is 1. The van der Waals surface area contributed by atoms with E-state index in [0.29, 0.717) is 27.1 Å². The molecule has 2 aromatic heterocycles. The van der Waals surface area contributed by atoms with Crippen LogP contribution in [0.2, 0.25) is 10.0 Å². The Morgan fingerprint density at radius 1 is 1.29 bits per heavy atom. The Bertz CT molecular complexity index is 1100. The van der Waals surface area contributed by atoms with Crippen LogP contribution in [-0.4, -0.2) is 32.7 Å². The van der Waals surface area contributed by atoms with Gasteiger partial charge in [0.2, 0.25) is 5.91 Å². The minimum absolute atomic E-state index is 0. The topological polar surface area (TPSA) is 118 Å². The molecular formula is C21H24Cl2N6O2. The first kappa shape index (κ1) is 24.6. The van der Waals surface area contributed by atoms with E-state index in [-0.39, 0.29) is 26.5 Å². The number of rotatable bonds is 7. The zero-order chi connectivity index (χ0) is 21.9. The van der Waals surface area contributed by atoms with Crippen LogP contribution >= 0.6 is 23.2 Å². The number of hydrogen-bond donors (Lipinski definition) is 2. The quantitative estimate of drug-likeness (QED) is 0.552. The Morgan fingerprint density at radius 2 is 1.97 bits per heavy atom. The van der Waals surface area contributed by atoms with Gasteiger partial charge >= 0.3 is 0 Å². The summed E-state index contributed by atoms with van der Waals surface area (Å²) < 4.78 is 7.46. The fraction of sp³-hybridized carbons (Fsp3) is 0.333. The number of nitrogens with two attached hydrogens (primary N) is 1. The highest BCUT2D eigenvalue weighted by molar-refractivity contribution is 6.34. The summed E-state index contributed by atoms with van der Waals surface area (Å²) in [6.45, 7) is 3.51. The van der Waals surface area contributed by atoms with Crippen LogP contribution in [0.3, 0.4) is 0 Å². The molecule has 0 saturated carbocycles. The molecule has 0 unspecified atom stereocenters. The van der Waals surface area contributed by atoms with Crippen molar-refractivity contribution in [1.82, 2.24) is 19.9 Å². The van der Waals surface area contributed by atoms with Crippen molar-refractivity contribution in [3.63, 3.8) is 0 Å². The van der Waals surface area contributed by atoms with Crippen LogP contribution in [0.15, 0.2) is 36.5 Å². The van der Waals surface area contributed by atoms with Gasteiger partial charge in [-0.05, 0) is 49.7 Å². The first-order valence-corrected chi connectivity index (χ1v) is 9.80. The van der Waals surface area contributed by atoms with Crippen molar-refractivity contribution in [2.75, 3.05) is 6.61 Å². The van der Waals surface area contributed by atoms with Crippen molar-refractivity contribution in [2.45, 2.75) is 39.5 Å². The van der Waals surface area contributed by atoms with E-state index in [1.54, 1.807) is 54.8 Å². The summed E-state index contributed by atoms with van der Waals surface area (Å²) in [5.41, 5.74) is 6.58. The lowest BCUT2D eigenvalue weighted by Gasteiger charge is -2.23. The second-order valence-electron chi connectivity index (χ2n) is 7.36. The second-order valence-corrected chi connectivity index (χ2v) is 8.23. The molecule has 8 nitrogen and oxygen atoms in total. The summed E-state index contributed by atoms with van der Waals surface area (Å²) in [5, 5.41) is 21.3. The molecule has 0 saturated heterocycles. The van der Waals surface area contributed by atoms with Crippen molar-refractivity contribution in [1.29, 1.82) is 5.26 Å². The molecular weight excluding hydrogens is 439 g/mol. The molecule has 3 aromatic rings. The van der Waals surface area contributed by atoms with Gasteiger partial charge in [-0.2, -0.15) is 5.26 Å². The highest BCUT2D eigenvalue weighted by atomic mass is 35.5.